The number of carbonyl (C=O) groups is 1. The Morgan fingerprint density at radius 3 is 2.65 bits per heavy atom. The zero-order valence-electron chi connectivity index (χ0n) is 9.59. The Morgan fingerprint density at radius 1 is 1.18 bits per heavy atom. The number of ketones is 1. The van der Waals surface area contributed by atoms with Crippen LogP contribution in [-0.4, -0.2) is 16.5 Å². The van der Waals surface area contributed by atoms with Crippen LogP contribution in [0.4, 0.5) is 0 Å². The van der Waals surface area contributed by atoms with E-state index in [9.17, 15) is 4.79 Å². The molecule has 0 amide bonds. The second kappa shape index (κ2) is 5.64. The number of hydrogen-bond donors (Lipinski definition) is 0. The summed E-state index contributed by atoms with van der Waals surface area (Å²) >= 11 is 1.47. The largest absolute Gasteiger partial charge is 0.293 e. The number of pyridine rings is 1. The first-order chi connectivity index (χ1) is 8.27. The van der Waals surface area contributed by atoms with Crippen LogP contribution in [0.3, 0.4) is 0 Å². The lowest BCUT2D eigenvalue weighted by Crippen LogP contribution is -2.04. The van der Waals surface area contributed by atoms with Crippen LogP contribution in [0.15, 0.2) is 53.7 Å². The van der Waals surface area contributed by atoms with E-state index in [1.807, 2.05) is 49.4 Å². The lowest BCUT2D eigenvalue weighted by Gasteiger charge is -2.03. The smallest absolute Gasteiger partial charge is 0.173 e. The van der Waals surface area contributed by atoms with Crippen molar-refractivity contribution in [1.82, 2.24) is 4.98 Å². The first-order valence-corrected chi connectivity index (χ1v) is 6.38. The highest BCUT2D eigenvalue weighted by molar-refractivity contribution is 7.99. The Labute approximate surface area is 105 Å². The standard InChI is InChI=1S/C14H13NOS/c1-11-6-2-3-7-12(11)13(16)10-17-14-8-4-5-9-15-14/h2-9H,10H2,1H3. The summed E-state index contributed by atoms with van der Waals surface area (Å²) in [5.74, 6) is 0.584. The van der Waals surface area contributed by atoms with Crippen molar-refractivity contribution in [3.05, 3.63) is 59.8 Å². The van der Waals surface area contributed by atoms with Crippen LogP contribution < -0.4 is 0 Å². The molecule has 0 fully saturated rings. The molecule has 0 unspecified atom stereocenters. The van der Waals surface area contributed by atoms with Gasteiger partial charge in [0.2, 0.25) is 0 Å². The number of Topliss-reactive ketones (excluding diaryl/α,β-unsaturated/α-hetero) is 1. The number of benzene rings is 1. The fourth-order valence-corrected chi connectivity index (χ4v) is 2.28. The number of aromatic nitrogens is 1. The van der Waals surface area contributed by atoms with E-state index in [-0.39, 0.29) is 5.78 Å². The van der Waals surface area contributed by atoms with E-state index in [2.05, 4.69) is 4.98 Å². The normalized spacial score (nSPS) is 10.2. The van der Waals surface area contributed by atoms with Crippen molar-refractivity contribution >= 4 is 17.5 Å². The highest BCUT2D eigenvalue weighted by atomic mass is 32.2. The summed E-state index contributed by atoms with van der Waals surface area (Å²) in [7, 11) is 0. The van der Waals surface area contributed by atoms with Gasteiger partial charge in [-0.1, -0.05) is 42.1 Å². The van der Waals surface area contributed by atoms with E-state index in [1.165, 1.54) is 11.8 Å². The lowest BCUT2D eigenvalue weighted by molar-refractivity contribution is 0.102. The topological polar surface area (TPSA) is 30.0 Å². The van der Waals surface area contributed by atoms with Gasteiger partial charge in [-0.05, 0) is 24.6 Å². The molecule has 0 radical (unpaired) electrons. The monoisotopic (exact) mass is 243 g/mol. The van der Waals surface area contributed by atoms with Crippen LogP contribution in [0.5, 0.6) is 0 Å². The van der Waals surface area contributed by atoms with Crippen molar-refractivity contribution in [1.29, 1.82) is 0 Å². The molecule has 0 N–H and O–H groups in total. The summed E-state index contributed by atoms with van der Waals surface area (Å²) in [6, 6.07) is 13.4. The van der Waals surface area contributed by atoms with E-state index < -0.39 is 0 Å². The third-order valence-corrected chi connectivity index (χ3v) is 3.38. The zero-order valence-corrected chi connectivity index (χ0v) is 10.4. The third kappa shape index (κ3) is 3.17. The van der Waals surface area contributed by atoms with Gasteiger partial charge in [0, 0.05) is 11.8 Å². The van der Waals surface area contributed by atoms with Gasteiger partial charge in [0.25, 0.3) is 0 Å². The van der Waals surface area contributed by atoms with Crippen LogP contribution >= 0.6 is 11.8 Å². The highest BCUT2D eigenvalue weighted by Gasteiger charge is 2.08. The predicted octanol–water partition coefficient (Wildman–Crippen LogP) is 3.37. The molecular weight excluding hydrogens is 230 g/mol. The third-order valence-electron chi connectivity index (χ3n) is 2.43. The quantitative estimate of drug-likeness (QED) is 0.609. The van der Waals surface area contributed by atoms with Gasteiger partial charge >= 0.3 is 0 Å². The second-order valence-electron chi connectivity index (χ2n) is 3.69. The van der Waals surface area contributed by atoms with E-state index >= 15 is 0 Å². The molecule has 3 heteroatoms. The van der Waals surface area contributed by atoms with Crippen LogP contribution in [0, 0.1) is 6.92 Å². The van der Waals surface area contributed by atoms with Crippen LogP contribution in [0.2, 0.25) is 0 Å². The molecule has 2 nitrogen and oxygen atoms in total. The van der Waals surface area contributed by atoms with E-state index in [1.54, 1.807) is 6.20 Å². The summed E-state index contributed by atoms with van der Waals surface area (Å²) in [5, 5.41) is 0.884. The van der Waals surface area contributed by atoms with Crippen molar-refractivity contribution < 1.29 is 4.79 Å². The van der Waals surface area contributed by atoms with Gasteiger partial charge in [-0.3, -0.25) is 4.79 Å². The zero-order chi connectivity index (χ0) is 12.1. The molecular formula is C14H13NOS. The van der Waals surface area contributed by atoms with Gasteiger partial charge in [0.1, 0.15) is 0 Å². The first-order valence-electron chi connectivity index (χ1n) is 5.40. The molecule has 0 spiro atoms. The number of thioether (sulfide) groups is 1. The number of hydrogen-bond acceptors (Lipinski definition) is 3. The number of aryl methyl sites for hydroxylation is 1. The lowest BCUT2D eigenvalue weighted by atomic mass is 10.1. The molecule has 1 aromatic carbocycles. The summed E-state index contributed by atoms with van der Waals surface area (Å²) in [6.45, 7) is 1.96. The average molecular weight is 243 g/mol. The molecule has 0 aliphatic heterocycles. The minimum absolute atomic E-state index is 0.152. The van der Waals surface area contributed by atoms with E-state index in [0.717, 1.165) is 16.2 Å². The van der Waals surface area contributed by atoms with Gasteiger partial charge in [-0.2, -0.15) is 0 Å². The summed E-state index contributed by atoms with van der Waals surface area (Å²) in [6.07, 6.45) is 1.74. The van der Waals surface area contributed by atoms with Crippen LogP contribution in [0.25, 0.3) is 0 Å². The van der Waals surface area contributed by atoms with Gasteiger partial charge in [0.15, 0.2) is 5.78 Å². The van der Waals surface area contributed by atoms with Crippen molar-refractivity contribution in [2.24, 2.45) is 0 Å². The molecule has 1 heterocycles. The Kier molecular flexibility index (Phi) is 3.94. The van der Waals surface area contributed by atoms with Crippen molar-refractivity contribution in [2.45, 2.75) is 11.9 Å². The van der Waals surface area contributed by atoms with Crippen molar-refractivity contribution in [2.75, 3.05) is 5.75 Å². The van der Waals surface area contributed by atoms with Gasteiger partial charge in [0.05, 0.1) is 10.8 Å². The molecule has 2 rings (SSSR count). The SMILES string of the molecule is Cc1ccccc1C(=O)CSc1ccccn1. The highest BCUT2D eigenvalue weighted by Crippen LogP contribution is 2.17. The number of rotatable bonds is 4. The molecule has 0 aliphatic carbocycles. The number of carbonyl (C=O) groups excluding carboxylic acids is 1. The van der Waals surface area contributed by atoms with Crippen molar-refractivity contribution in [3.63, 3.8) is 0 Å². The maximum absolute atomic E-state index is 12.0. The molecule has 0 atom stereocenters. The Morgan fingerprint density at radius 2 is 1.94 bits per heavy atom. The van der Waals surface area contributed by atoms with Crippen LogP contribution in [0.1, 0.15) is 15.9 Å². The Balaban J connectivity index is 2.01. The summed E-state index contributed by atoms with van der Waals surface area (Å²) in [4.78, 5) is 16.2. The molecule has 1 aromatic heterocycles. The Bertz CT molecular complexity index is 511. The molecule has 0 aliphatic rings. The summed E-state index contributed by atoms with van der Waals surface area (Å²) < 4.78 is 0. The minimum atomic E-state index is 0.152. The molecule has 17 heavy (non-hydrogen) atoms. The summed E-state index contributed by atoms with van der Waals surface area (Å²) in [5.41, 5.74) is 1.83. The minimum Gasteiger partial charge on any atom is -0.293 e. The van der Waals surface area contributed by atoms with Gasteiger partial charge in [-0.25, -0.2) is 4.98 Å². The van der Waals surface area contributed by atoms with E-state index in [4.69, 9.17) is 0 Å². The molecule has 2 aromatic rings. The average Bonchev–Trinajstić information content (AvgIpc) is 2.38. The molecule has 86 valence electrons. The maximum atomic E-state index is 12.0. The maximum Gasteiger partial charge on any atom is 0.173 e. The van der Waals surface area contributed by atoms with Crippen molar-refractivity contribution in [3.8, 4) is 0 Å². The fraction of sp³-hybridized carbons (Fsp3) is 0.143. The molecule has 0 saturated carbocycles. The molecule has 0 bridgehead atoms. The Hall–Kier alpha value is -1.61. The van der Waals surface area contributed by atoms with Crippen LogP contribution in [-0.2, 0) is 0 Å². The van der Waals surface area contributed by atoms with Gasteiger partial charge in [-0.15, -0.1) is 0 Å². The molecule has 0 saturated heterocycles. The fourth-order valence-electron chi connectivity index (χ4n) is 1.54. The number of nitrogens with zero attached hydrogens (tertiary/aromatic N) is 1. The second-order valence-corrected chi connectivity index (χ2v) is 4.69. The predicted molar refractivity (Wildman–Crippen MR) is 70.5 cm³/mol. The van der Waals surface area contributed by atoms with E-state index in [0.29, 0.717) is 5.75 Å². The first kappa shape index (κ1) is 11.9. The van der Waals surface area contributed by atoms with Gasteiger partial charge < -0.3 is 0 Å².